The highest BCUT2D eigenvalue weighted by Gasteiger charge is 2.07. The number of carbonyl (C=O) groups excluding carboxylic acids is 1. The Morgan fingerprint density at radius 1 is 0.955 bits per heavy atom. The average molecular weight is 310 g/mol. The SMILES string of the molecule is CC(=O)Nc1ccc(-c2nnc(Nc3ccccc3)s2)cc1. The van der Waals surface area contributed by atoms with Crippen LogP contribution in [0.4, 0.5) is 16.5 Å². The summed E-state index contributed by atoms with van der Waals surface area (Å²) in [5.41, 5.74) is 2.71. The second-order valence-corrected chi connectivity index (χ2v) is 5.64. The van der Waals surface area contributed by atoms with Gasteiger partial charge in [-0.2, -0.15) is 0 Å². The van der Waals surface area contributed by atoms with E-state index in [-0.39, 0.29) is 5.91 Å². The normalized spacial score (nSPS) is 10.2. The molecule has 6 heteroatoms. The highest BCUT2D eigenvalue weighted by molar-refractivity contribution is 7.18. The molecular formula is C16H14N4OS. The largest absolute Gasteiger partial charge is 0.330 e. The lowest BCUT2D eigenvalue weighted by molar-refractivity contribution is -0.114. The molecule has 0 aliphatic rings. The summed E-state index contributed by atoms with van der Waals surface area (Å²) in [7, 11) is 0. The van der Waals surface area contributed by atoms with Crippen LogP contribution in [0.2, 0.25) is 0 Å². The Bertz CT molecular complexity index is 768. The summed E-state index contributed by atoms with van der Waals surface area (Å²) in [6, 6.07) is 17.4. The number of para-hydroxylation sites is 1. The van der Waals surface area contributed by atoms with Crippen LogP contribution < -0.4 is 10.6 Å². The monoisotopic (exact) mass is 310 g/mol. The third kappa shape index (κ3) is 3.48. The molecule has 0 atom stereocenters. The van der Waals surface area contributed by atoms with Crippen LogP contribution in [0.15, 0.2) is 54.6 Å². The van der Waals surface area contributed by atoms with Gasteiger partial charge in [-0.25, -0.2) is 0 Å². The molecule has 0 saturated carbocycles. The van der Waals surface area contributed by atoms with Gasteiger partial charge in [0.1, 0.15) is 5.01 Å². The van der Waals surface area contributed by atoms with E-state index < -0.39 is 0 Å². The maximum Gasteiger partial charge on any atom is 0.221 e. The molecule has 2 aromatic carbocycles. The number of hydrogen-bond donors (Lipinski definition) is 2. The number of amides is 1. The van der Waals surface area contributed by atoms with Crippen LogP contribution in [-0.2, 0) is 4.79 Å². The summed E-state index contributed by atoms with van der Waals surface area (Å²) in [5, 5.41) is 15.9. The fourth-order valence-electron chi connectivity index (χ4n) is 1.93. The van der Waals surface area contributed by atoms with Crippen molar-refractivity contribution in [2.75, 3.05) is 10.6 Å². The molecule has 5 nitrogen and oxygen atoms in total. The zero-order chi connectivity index (χ0) is 15.4. The molecule has 0 fully saturated rings. The van der Waals surface area contributed by atoms with Crippen LogP contribution in [-0.4, -0.2) is 16.1 Å². The third-order valence-corrected chi connectivity index (χ3v) is 3.79. The lowest BCUT2D eigenvalue weighted by atomic mass is 10.2. The first-order chi connectivity index (χ1) is 10.7. The number of nitrogens with zero attached hydrogens (tertiary/aromatic N) is 2. The minimum absolute atomic E-state index is 0.0852. The number of anilines is 3. The summed E-state index contributed by atoms with van der Waals surface area (Å²) in [4.78, 5) is 11.0. The Morgan fingerprint density at radius 3 is 2.36 bits per heavy atom. The van der Waals surface area contributed by atoms with Gasteiger partial charge in [0.05, 0.1) is 0 Å². The van der Waals surface area contributed by atoms with Crippen LogP contribution in [0.5, 0.6) is 0 Å². The summed E-state index contributed by atoms with van der Waals surface area (Å²) >= 11 is 1.48. The van der Waals surface area contributed by atoms with Crippen molar-refractivity contribution in [1.29, 1.82) is 0 Å². The molecule has 0 radical (unpaired) electrons. The Morgan fingerprint density at radius 2 is 1.68 bits per heavy atom. The van der Waals surface area contributed by atoms with Crippen LogP contribution in [0, 0.1) is 0 Å². The molecule has 0 aliphatic carbocycles. The molecule has 3 aromatic rings. The Hall–Kier alpha value is -2.73. The number of rotatable bonds is 4. The quantitative estimate of drug-likeness (QED) is 0.767. The first-order valence-corrected chi connectivity index (χ1v) is 7.56. The standard InChI is InChI=1S/C16H14N4OS/c1-11(21)17-14-9-7-12(8-10-14)15-19-20-16(22-15)18-13-5-3-2-4-6-13/h2-10H,1H3,(H,17,21)(H,18,20). The van der Waals surface area contributed by atoms with Gasteiger partial charge >= 0.3 is 0 Å². The van der Waals surface area contributed by atoms with E-state index in [1.165, 1.54) is 18.3 Å². The van der Waals surface area contributed by atoms with Gasteiger partial charge in [0, 0.05) is 23.9 Å². The van der Waals surface area contributed by atoms with Gasteiger partial charge in [0.25, 0.3) is 0 Å². The minimum atomic E-state index is -0.0852. The third-order valence-electron chi connectivity index (χ3n) is 2.90. The Kier molecular flexibility index (Phi) is 4.11. The van der Waals surface area contributed by atoms with Crippen LogP contribution >= 0.6 is 11.3 Å². The predicted molar refractivity (Wildman–Crippen MR) is 89.4 cm³/mol. The van der Waals surface area contributed by atoms with E-state index in [9.17, 15) is 4.79 Å². The van der Waals surface area contributed by atoms with E-state index in [1.54, 1.807) is 0 Å². The molecular weight excluding hydrogens is 296 g/mol. The maximum absolute atomic E-state index is 11.0. The van der Waals surface area contributed by atoms with Gasteiger partial charge in [-0.3, -0.25) is 4.79 Å². The fourth-order valence-corrected chi connectivity index (χ4v) is 2.70. The van der Waals surface area contributed by atoms with E-state index in [0.717, 1.165) is 27.1 Å². The van der Waals surface area contributed by atoms with Gasteiger partial charge in [0.2, 0.25) is 11.0 Å². The van der Waals surface area contributed by atoms with Gasteiger partial charge in [-0.1, -0.05) is 29.5 Å². The smallest absolute Gasteiger partial charge is 0.221 e. The molecule has 1 heterocycles. The average Bonchev–Trinajstić information content (AvgIpc) is 2.97. The van der Waals surface area contributed by atoms with Gasteiger partial charge in [-0.05, 0) is 36.4 Å². The molecule has 1 amide bonds. The Balaban J connectivity index is 1.74. The number of carbonyl (C=O) groups is 1. The van der Waals surface area contributed by atoms with Crippen molar-refractivity contribution in [2.45, 2.75) is 6.92 Å². The van der Waals surface area contributed by atoms with E-state index in [1.807, 2.05) is 54.6 Å². The second-order valence-electron chi connectivity index (χ2n) is 4.66. The summed E-state index contributed by atoms with van der Waals surface area (Å²) < 4.78 is 0. The van der Waals surface area contributed by atoms with E-state index >= 15 is 0 Å². The van der Waals surface area contributed by atoms with Crippen LogP contribution in [0.1, 0.15) is 6.92 Å². The minimum Gasteiger partial charge on any atom is -0.330 e. The zero-order valence-electron chi connectivity index (χ0n) is 11.9. The van der Waals surface area contributed by atoms with Crippen LogP contribution in [0.3, 0.4) is 0 Å². The highest BCUT2D eigenvalue weighted by Crippen LogP contribution is 2.28. The Labute approximate surface area is 132 Å². The molecule has 0 saturated heterocycles. The summed E-state index contributed by atoms with van der Waals surface area (Å²) in [6.45, 7) is 1.49. The second kappa shape index (κ2) is 6.36. The molecule has 2 N–H and O–H groups in total. The summed E-state index contributed by atoms with van der Waals surface area (Å²) in [5.74, 6) is -0.0852. The highest BCUT2D eigenvalue weighted by atomic mass is 32.1. The molecule has 1 aromatic heterocycles. The maximum atomic E-state index is 11.0. The van der Waals surface area contributed by atoms with E-state index in [2.05, 4.69) is 20.8 Å². The molecule has 22 heavy (non-hydrogen) atoms. The molecule has 0 aliphatic heterocycles. The molecule has 3 rings (SSSR count). The topological polar surface area (TPSA) is 66.9 Å². The van der Waals surface area contributed by atoms with Crippen molar-refractivity contribution >= 4 is 33.8 Å². The van der Waals surface area contributed by atoms with Crippen molar-refractivity contribution < 1.29 is 4.79 Å². The van der Waals surface area contributed by atoms with E-state index in [0.29, 0.717) is 0 Å². The number of nitrogens with one attached hydrogen (secondary N) is 2. The first kappa shape index (κ1) is 14.2. The van der Waals surface area contributed by atoms with Gasteiger partial charge in [-0.15, -0.1) is 10.2 Å². The van der Waals surface area contributed by atoms with E-state index in [4.69, 9.17) is 0 Å². The van der Waals surface area contributed by atoms with Crippen molar-refractivity contribution in [3.63, 3.8) is 0 Å². The molecule has 0 bridgehead atoms. The lowest BCUT2D eigenvalue weighted by Crippen LogP contribution is -2.05. The fraction of sp³-hybridized carbons (Fsp3) is 0.0625. The van der Waals surface area contributed by atoms with Crippen molar-refractivity contribution in [1.82, 2.24) is 10.2 Å². The van der Waals surface area contributed by atoms with Crippen molar-refractivity contribution in [2.24, 2.45) is 0 Å². The zero-order valence-corrected chi connectivity index (χ0v) is 12.7. The first-order valence-electron chi connectivity index (χ1n) is 6.74. The molecule has 0 unspecified atom stereocenters. The number of aromatic nitrogens is 2. The number of hydrogen-bond acceptors (Lipinski definition) is 5. The number of benzene rings is 2. The summed E-state index contributed by atoms with van der Waals surface area (Å²) in [6.07, 6.45) is 0. The van der Waals surface area contributed by atoms with Gasteiger partial charge < -0.3 is 10.6 Å². The van der Waals surface area contributed by atoms with Crippen LogP contribution in [0.25, 0.3) is 10.6 Å². The predicted octanol–water partition coefficient (Wildman–Crippen LogP) is 3.91. The molecule has 110 valence electrons. The van der Waals surface area contributed by atoms with Crippen molar-refractivity contribution in [3.8, 4) is 10.6 Å². The lowest BCUT2D eigenvalue weighted by Gasteiger charge is -2.02. The van der Waals surface area contributed by atoms with Gasteiger partial charge in [0.15, 0.2) is 0 Å². The van der Waals surface area contributed by atoms with Crippen molar-refractivity contribution in [3.05, 3.63) is 54.6 Å². The molecule has 0 spiro atoms.